The smallest absolute Gasteiger partial charge is 0.251 e. The van der Waals surface area contributed by atoms with Crippen LogP contribution in [0.1, 0.15) is 46.0 Å². The maximum Gasteiger partial charge on any atom is 0.251 e. The first kappa shape index (κ1) is 28.8. The van der Waals surface area contributed by atoms with Gasteiger partial charge in [-0.3, -0.25) is 4.79 Å². The van der Waals surface area contributed by atoms with Crippen molar-refractivity contribution < 1.29 is 18.4 Å². The van der Waals surface area contributed by atoms with Gasteiger partial charge in [0, 0.05) is 30.4 Å². The minimum Gasteiger partial charge on any atom is -0.389 e. The minimum atomic E-state index is -0.646. The van der Waals surface area contributed by atoms with E-state index < -0.39 is 11.6 Å². The molecule has 0 fully saturated rings. The molecule has 42 heavy (non-hydrogen) atoms. The number of benzene rings is 3. The van der Waals surface area contributed by atoms with E-state index in [9.17, 15) is 13.6 Å². The van der Waals surface area contributed by atoms with Crippen molar-refractivity contribution in [3.8, 4) is 0 Å². The van der Waals surface area contributed by atoms with Gasteiger partial charge in [-0.2, -0.15) is 0 Å². The SMILES string of the molecule is CCc1cccc(CNCC[C@H](Cc2cc(F)cc(F)c2)NC(=O)c2cccc(COn3nnc4cccnc43)c2)c1. The third-order valence-corrected chi connectivity index (χ3v) is 6.86. The van der Waals surface area contributed by atoms with Crippen LogP contribution in [0.25, 0.3) is 11.2 Å². The largest absolute Gasteiger partial charge is 0.389 e. The van der Waals surface area contributed by atoms with Crippen molar-refractivity contribution in [3.05, 3.63) is 125 Å². The lowest BCUT2D eigenvalue weighted by atomic mass is 10.0. The maximum absolute atomic E-state index is 13.9. The number of hydrogen-bond acceptors (Lipinski definition) is 6. The number of halogens is 2. The van der Waals surface area contributed by atoms with Crippen LogP contribution in [0.3, 0.4) is 0 Å². The van der Waals surface area contributed by atoms with E-state index in [0.29, 0.717) is 41.8 Å². The van der Waals surface area contributed by atoms with Gasteiger partial charge in [0.15, 0.2) is 0 Å². The molecule has 0 unspecified atom stereocenters. The Bertz CT molecular complexity index is 1640. The van der Waals surface area contributed by atoms with E-state index in [1.165, 1.54) is 28.1 Å². The van der Waals surface area contributed by atoms with E-state index >= 15 is 0 Å². The highest BCUT2D eigenvalue weighted by Crippen LogP contribution is 2.14. The molecule has 0 saturated carbocycles. The first-order chi connectivity index (χ1) is 20.5. The molecule has 10 heteroatoms. The summed E-state index contributed by atoms with van der Waals surface area (Å²) in [5.41, 5.74) is 5.22. The van der Waals surface area contributed by atoms with Gasteiger partial charge in [-0.1, -0.05) is 48.2 Å². The number of amides is 1. The molecule has 5 aromatic rings. The molecule has 0 radical (unpaired) electrons. The predicted octanol–water partition coefficient (Wildman–Crippen LogP) is 4.82. The second-order valence-electron chi connectivity index (χ2n) is 10.1. The molecule has 2 heterocycles. The fraction of sp³-hybridized carbons (Fsp3) is 0.250. The van der Waals surface area contributed by atoms with Crippen LogP contribution in [-0.2, 0) is 26.0 Å². The average molecular weight is 571 g/mol. The highest BCUT2D eigenvalue weighted by atomic mass is 19.1. The Kier molecular flexibility index (Phi) is 9.45. The molecule has 5 rings (SSSR count). The molecule has 0 bridgehead atoms. The molecule has 8 nitrogen and oxygen atoms in total. The number of carbonyl (C=O) groups is 1. The van der Waals surface area contributed by atoms with Gasteiger partial charge in [0.2, 0.25) is 5.65 Å². The maximum atomic E-state index is 13.9. The Morgan fingerprint density at radius 3 is 2.55 bits per heavy atom. The summed E-state index contributed by atoms with van der Waals surface area (Å²) in [7, 11) is 0. The number of rotatable bonds is 13. The predicted molar refractivity (Wildman–Crippen MR) is 156 cm³/mol. The van der Waals surface area contributed by atoms with Crippen LogP contribution in [0.4, 0.5) is 8.78 Å². The van der Waals surface area contributed by atoms with E-state index in [2.05, 4.69) is 51.1 Å². The standard InChI is InChI=1S/C32H32F2N6O2/c1-2-22-6-3-7-23(14-22)20-35-13-11-29(18-25-16-27(33)19-28(34)17-25)37-32(41)26-9-4-8-24(15-26)21-42-40-31-30(38-39-40)10-5-12-36-31/h3-10,12,14-17,19,29,35H,2,11,13,18,20-21H2,1H3,(H,37,41)/t29-/m1/s1. The van der Waals surface area contributed by atoms with Crippen LogP contribution in [-0.4, -0.2) is 38.6 Å². The summed E-state index contributed by atoms with van der Waals surface area (Å²) in [5, 5.41) is 14.5. The van der Waals surface area contributed by atoms with Gasteiger partial charge >= 0.3 is 0 Å². The third-order valence-electron chi connectivity index (χ3n) is 6.86. The summed E-state index contributed by atoms with van der Waals surface area (Å²) >= 11 is 0. The molecule has 2 N–H and O–H groups in total. The molecule has 0 spiro atoms. The van der Waals surface area contributed by atoms with Crippen molar-refractivity contribution in [1.82, 2.24) is 30.8 Å². The van der Waals surface area contributed by atoms with Gasteiger partial charge in [0.1, 0.15) is 23.8 Å². The molecular formula is C32H32F2N6O2. The monoisotopic (exact) mass is 570 g/mol. The van der Waals surface area contributed by atoms with Crippen molar-refractivity contribution >= 4 is 17.1 Å². The van der Waals surface area contributed by atoms with Crippen LogP contribution in [0.2, 0.25) is 0 Å². The number of aromatic nitrogens is 4. The zero-order valence-corrected chi connectivity index (χ0v) is 23.3. The molecule has 0 aliphatic rings. The van der Waals surface area contributed by atoms with Crippen LogP contribution >= 0.6 is 0 Å². The van der Waals surface area contributed by atoms with Gasteiger partial charge in [0.05, 0.1) is 0 Å². The van der Waals surface area contributed by atoms with Gasteiger partial charge in [-0.25, -0.2) is 13.8 Å². The number of fused-ring (bicyclic) bond motifs is 1. The molecular weight excluding hydrogens is 538 g/mol. The van der Waals surface area contributed by atoms with Crippen LogP contribution in [0, 0.1) is 11.6 Å². The van der Waals surface area contributed by atoms with Crippen LogP contribution in [0.5, 0.6) is 0 Å². The quantitative estimate of drug-likeness (QED) is 0.197. The highest BCUT2D eigenvalue weighted by molar-refractivity contribution is 5.94. The highest BCUT2D eigenvalue weighted by Gasteiger charge is 2.16. The number of hydrogen-bond donors (Lipinski definition) is 2. The van der Waals surface area contributed by atoms with Crippen molar-refractivity contribution in [2.24, 2.45) is 0 Å². The lowest BCUT2D eigenvalue weighted by Crippen LogP contribution is -2.38. The lowest BCUT2D eigenvalue weighted by Gasteiger charge is -2.20. The molecule has 1 atom stereocenters. The summed E-state index contributed by atoms with van der Waals surface area (Å²) < 4.78 is 27.8. The van der Waals surface area contributed by atoms with E-state index in [-0.39, 0.29) is 25.0 Å². The van der Waals surface area contributed by atoms with E-state index in [1.807, 2.05) is 12.1 Å². The van der Waals surface area contributed by atoms with Gasteiger partial charge in [-0.05, 0) is 89.7 Å². The van der Waals surface area contributed by atoms with E-state index in [4.69, 9.17) is 4.84 Å². The topological polar surface area (TPSA) is 94.0 Å². The Balaban J connectivity index is 1.23. The lowest BCUT2D eigenvalue weighted by molar-refractivity contribution is 0.0738. The Morgan fingerprint density at radius 1 is 0.929 bits per heavy atom. The second kappa shape index (κ2) is 13.8. The summed E-state index contributed by atoms with van der Waals surface area (Å²) in [6, 6.07) is 22.1. The van der Waals surface area contributed by atoms with E-state index in [1.54, 1.807) is 36.5 Å². The first-order valence-corrected chi connectivity index (χ1v) is 13.9. The fourth-order valence-electron chi connectivity index (χ4n) is 4.75. The average Bonchev–Trinajstić information content (AvgIpc) is 3.41. The number of carbonyl (C=O) groups excluding carboxylic acids is 1. The first-order valence-electron chi connectivity index (χ1n) is 13.9. The molecule has 216 valence electrons. The van der Waals surface area contributed by atoms with Crippen molar-refractivity contribution in [1.29, 1.82) is 0 Å². The van der Waals surface area contributed by atoms with E-state index in [0.717, 1.165) is 18.1 Å². The van der Waals surface area contributed by atoms with Crippen LogP contribution in [0.15, 0.2) is 85.1 Å². The van der Waals surface area contributed by atoms with Crippen molar-refractivity contribution in [2.75, 3.05) is 6.54 Å². The number of aryl methyl sites for hydroxylation is 1. The summed E-state index contributed by atoms with van der Waals surface area (Å²) in [5.74, 6) is -1.58. The fourth-order valence-corrected chi connectivity index (χ4v) is 4.75. The molecule has 0 aliphatic heterocycles. The van der Waals surface area contributed by atoms with Crippen molar-refractivity contribution in [2.45, 2.75) is 45.4 Å². The van der Waals surface area contributed by atoms with Crippen molar-refractivity contribution in [3.63, 3.8) is 0 Å². The van der Waals surface area contributed by atoms with Gasteiger partial charge in [0.25, 0.3) is 5.91 Å². The Hall–Kier alpha value is -4.70. The number of nitrogens with one attached hydrogen (secondary N) is 2. The zero-order valence-electron chi connectivity index (χ0n) is 23.3. The Labute approximate surface area is 242 Å². The van der Waals surface area contributed by atoms with Gasteiger partial charge < -0.3 is 15.5 Å². The number of pyridine rings is 1. The number of nitrogens with zero attached hydrogens (tertiary/aromatic N) is 4. The summed E-state index contributed by atoms with van der Waals surface area (Å²) in [6.07, 6.45) is 3.44. The molecule has 1 amide bonds. The van der Waals surface area contributed by atoms with Gasteiger partial charge in [-0.15, -0.1) is 5.10 Å². The summed E-state index contributed by atoms with van der Waals surface area (Å²) in [4.78, 5) is 24.5. The minimum absolute atomic E-state index is 0.144. The third kappa shape index (κ3) is 7.73. The molecule has 0 aliphatic carbocycles. The molecule has 0 saturated heterocycles. The van der Waals surface area contributed by atoms with Crippen LogP contribution < -0.4 is 15.5 Å². The molecule has 3 aromatic carbocycles. The normalized spacial score (nSPS) is 11.9. The molecule has 2 aromatic heterocycles. The second-order valence-corrected chi connectivity index (χ2v) is 10.1. The summed E-state index contributed by atoms with van der Waals surface area (Å²) in [6.45, 7) is 3.55. The Morgan fingerprint density at radius 2 is 1.71 bits per heavy atom. The zero-order chi connectivity index (χ0) is 29.3.